The molecule has 1 aromatic carbocycles. The first kappa shape index (κ1) is 21.5. The van der Waals surface area contributed by atoms with Crippen molar-refractivity contribution in [3.8, 4) is 5.75 Å². The lowest BCUT2D eigenvalue weighted by molar-refractivity contribution is 0.0620. The molecule has 31 heavy (non-hydrogen) atoms. The van der Waals surface area contributed by atoms with Crippen LogP contribution in [0.2, 0.25) is 0 Å². The Hall–Kier alpha value is -2.74. The number of carbonyl (C=O) groups is 2. The first-order valence-corrected chi connectivity index (χ1v) is 11.1. The molecule has 4 rings (SSSR count). The molecule has 2 saturated heterocycles. The molecule has 168 valence electrons. The first-order valence-electron chi connectivity index (χ1n) is 11.1. The van der Waals surface area contributed by atoms with Crippen LogP contribution in [0.15, 0.2) is 18.2 Å². The van der Waals surface area contributed by atoms with E-state index >= 15 is 0 Å². The summed E-state index contributed by atoms with van der Waals surface area (Å²) in [6.45, 7) is 10.1. The second-order valence-electron chi connectivity index (χ2n) is 8.90. The summed E-state index contributed by atoms with van der Waals surface area (Å²) in [7, 11) is 0. The smallest absolute Gasteiger partial charge is 0.407 e. The molecule has 8 heteroatoms. The van der Waals surface area contributed by atoms with Crippen LogP contribution in [-0.4, -0.2) is 88.2 Å². The molecule has 0 atom stereocenters. The van der Waals surface area contributed by atoms with Crippen LogP contribution in [0.4, 0.5) is 4.79 Å². The summed E-state index contributed by atoms with van der Waals surface area (Å²) in [5.41, 5.74) is 2.49. The Kier molecular flexibility index (Phi) is 6.09. The van der Waals surface area contributed by atoms with E-state index in [1.54, 1.807) is 4.90 Å². The van der Waals surface area contributed by atoms with Gasteiger partial charge in [0.05, 0.1) is 0 Å². The van der Waals surface area contributed by atoms with E-state index in [1.807, 2.05) is 25.1 Å². The number of carbonyl (C=O) groups excluding carboxylic acids is 1. The number of hydrogen-bond donors (Lipinski definition) is 2. The SMILES string of the molecule is Cc1cc2[nH]c(C(=O)N3CCN(C(=O)O)CC3)cc2cc1OC1CCN(C(C)C)CC1. The monoisotopic (exact) mass is 428 g/mol. The number of benzene rings is 1. The third-order valence-corrected chi connectivity index (χ3v) is 6.48. The summed E-state index contributed by atoms with van der Waals surface area (Å²) in [5, 5.41) is 10.0. The lowest BCUT2D eigenvalue weighted by Crippen LogP contribution is -2.50. The van der Waals surface area contributed by atoms with Gasteiger partial charge >= 0.3 is 6.09 Å². The van der Waals surface area contributed by atoms with Gasteiger partial charge in [-0.05, 0) is 57.4 Å². The van der Waals surface area contributed by atoms with E-state index in [2.05, 4.69) is 23.7 Å². The van der Waals surface area contributed by atoms with Gasteiger partial charge in [-0.15, -0.1) is 0 Å². The Bertz CT molecular complexity index is 954. The van der Waals surface area contributed by atoms with Gasteiger partial charge in [-0.3, -0.25) is 4.79 Å². The molecule has 2 amide bonds. The fraction of sp³-hybridized carbons (Fsp3) is 0.565. The quantitative estimate of drug-likeness (QED) is 0.781. The van der Waals surface area contributed by atoms with Crippen molar-refractivity contribution >= 4 is 22.9 Å². The van der Waals surface area contributed by atoms with Crippen LogP contribution in [-0.2, 0) is 0 Å². The summed E-state index contributed by atoms with van der Waals surface area (Å²) in [6, 6.07) is 6.50. The third-order valence-electron chi connectivity index (χ3n) is 6.48. The Morgan fingerprint density at radius 1 is 1.03 bits per heavy atom. The Balaban J connectivity index is 1.44. The summed E-state index contributed by atoms with van der Waals surface area (Å²) in [6.07, 6.45) is 1.33. The Morgan fingerprint density at radius 2 is 1.68 bits per heavy atom. The number of carboxylic acid groups (broad SMARTS) is 1. The number of H-pyrrole nitrogens is 1. The number of nitrogens with zero attached hydrogens (tertiary/aromatic N) is 3. The van der Waals surface area contributed by atoms with E-state index in [0.29, 0.717) is 37.9 Å². The molecule has 0 radical (unpaired) electrons. The number of aromatic nitrogens is 1. The minimum absolute atomic E-state index is 0.0950. The Morgan fingerprint density at radius 3 is 2.29 bits per heavy atom. The zero-order valence-corrected chi connectivity index (χ0v) is 18.6. The van der Waals surface area contributed by atoms with Gasteiger partial charge in [-0.1, -0.05) is 0 Å². The number of aryl methyl sites for hydroxylation is 1. The number of nitrogens with one attached hydrogen (secondary N) is 1. The molecule has 0 unspecified atom stereocenters. The number of piperazine rings is 1. The van der Waals surface area contributed by atoms with E-state index in [1.165, 1.54) is 4.90 Å². The number of ether oxygens (including phenoxy) is 1. The van der Waals surface area contributed by atoms with E-state index in [4.69, 9.17) is 9.84 Å². The van der Waals surface area contributed by atoms with Crippen LogP contribution in [0.5, 0.6) is 5.75 Å². The van der Waals surface area contributed by atoms with Gasteiger partial charge in [0.25, 0.3) is 5.91 Å². The lowest BCUT2D eigenvalue weighted by Gasteiger charge is -2.34. The van der Waals surface area contributed by atoms with Crippen LogP contribution in [0.3, 0.4) is 0 Å². The van der Waals surface area contributed by atoms with Gasteiger partial charge in [-0.25, -0.2) is 4.79 Å². The number of rotatable bonds is 4. The Labute approximate surface area is 182 Å². The highest BCUT2D eigenvalue weighted by atomic mass is 16.5. The van der Waals surface area contributed by atoms with E-state index in [9.17, 15) is 9.59 Å². The molecule has 2 fully saturated rings. The van der Waals surface area contributed by atoms with Crippen molar-refractivity contribution in [2.75, 3.05) is 39.3 Å². The second-order valence-corrected chi connectivity index (χ2v) is 8.90. The average molecular weight is 429 g/mol. The zero-order valence-electron chi connectivity index (χ0n) is 18.6. The van der Waals surface area contributed by atoms with Crippen LogP contribution >= 0.6 is 0 Å². The van der Waals surface area contributed by atoms with Crippen molar-refractivity contribution in [3.05, 3.63) is 29.5 Å². The molecule has 8 nitrogen and oxygen atoms in total. The summed E-state index contributed by atoms with van der Waals surface area (Å²) in [4.78, 5) is 32.7. The molecule has 3 heterocycles. The maximum absolute atomic E-state index is 12.9. The molecule has 0 saturated carbocycles. The van der Waals surface area contributed by atoms with Gasteiger partial charge in [-0.2, -0.15) is 0 Å². The van der Waals surface area contributed by atoms with Crippen LogP contribution < -0.4 is 4.74 Å². The van der Waals surface area contributed by atoms with E-state index in [-0.39, 0.29) is 12.0 Å². The molecular formula is C23H32N4O4. The van der Waals surface area contributed by atoms with Crippen molar-refractivity contribution in [2.24, 2.45) is 0 Å². The highest BCUT2D eigenvalue weighted by Crippen LogP contribution is 2.29. The maximum Gasteiger partial charge on any atom is 0.407 e. The third kappa shape index (κ3) is 4.63. The zero-order chi connectivity index (χ0) is 22.1. The van der Waals surface area contributed by atoms with Crippen LogP contribution in [0.1, 0.15) is 42.7 Å². The van der Waals surface area contributed by atoms with Crippen molar-refractivity contribution < 1.29 is 19.4 Å². The predicted molar refractivity (Wildman–Crippen MR) is 119 cm³/mol. The molecule has 2 aliphatic heterocycles. The highest BCUT2D eigenvalue weighted by molar-refractivity contribution is 5.98. The van der Waals surface area contributed by atoms with Crippen molar-refractivity contribution in [3.63, 3.8) is 0 Å². The fourth-order valence-corrected chi connectivity index (χ4v) is 4.47. The predicted octanol–water partition coefficient (Wildman–Crippen LogP) is 3.16. The van der Waals surface area contributed by atoms with Crippen LogP contribution in [0, 0.1) is 6.92 Å². The number of aromatic amines is 1. The molecule has 2 aliphatic rings. The summed E-state index contributed by atoms with van der Waals surface area (Å²) in [5.74, 6) is 0.783. The highest BCUT2D eigenvalue weighted by Gasteiger charge is 2.26. The van der Waals surface area contributed by atoms with Gasteiger partial charge in [0.2, 0.25) is 0 Å². The van der Waals surface area contributed by atoms with E-state index in [0.717, 1.165) is 48.1 Å². The molecule has 0 spiro atoms. The average Bonchev–Trinajstić information content (AvgIpc) is 3.16. The fourth-order valence-electron chi connectivity index (χ4n) is 4.47. The van der Waals surface area contributed by atoms with Crippen LogP contribution in [0.25, 0.3) is 10.9 Å². The number of hydrogen-bond acceptors (Lipinski definition) is 4. The number of piperidine rings is 1. The van der Waals surface area contributed by atoms with Crippen molar-refractivity contribution in [2.45, 2.75) is 45.8 Å². The number of amides is 2. The van der Waals surface area contributed by atoms with Gasteiger partial charge < -0.3 is 29.5 Å². The maximum atomic E-state index is 12.9. The van der Waals surface area contributed by atoms with Gasteiger partial charge in [0.15, 0.2) is 0 Å². The molecule has 2 aromatic rings. The second kappa shape index (κ2) is 8.78. The summed E-state index contributed by atoms with van der Waals surface area (Å²) >= 11 is 0. The molecule has 2 N–H and O–H groups in total. The standard InChI is InChI=1S/C23H32N4O4/c1-15(2)25-6-4-18(5-7-25)31-21-14-17-13-20(24-19(17)12-16(21)3)22(28)26-8-10-27(11-9-26)23(29)30/h12-15,18,24H,4-11H2,1-3H3,(H,29,30). The molecule has 0 aliphatic carbocycles. The molecule has 0 bridgehead atoms. The molecule has 1 aromatic heterocycles. The van der Waals surface area contributed by atoms with Gasteiger partial charge in [0, 0.05) is 56.2 Å². The topological polar surface area (TPSA) is 89.1 Å². The van der Waals surface area contributed by atoms with Crippen molar-refractivity contribution in [1.29, 1.82) is 0 Å². The lowest BCUT2D eigenvalue weighted by atomic mass is 10.1. The number of fused-ring (bicyclic) bond motifs is 1. The minimum atomic E-state index is -0.935. The largest absolute Gasteiger partial charge is 0.490 e. The van der Waals surface area contributed by atoms with Gasteiger partial charge in [0.1, 0.15) is 17.5 Å². The van der Waals surface area contributed by atoms with Crippen molar-refractivity contribution in [1.82, 2.24) is 19.7 Å². The minimum Gasteiger partial charge on any atom is -0.490 e. The molecular weight excluding hydrogens is 396 g/mol. The first-order chi connectivity index (χ1) is 14.8. The number of likely N-dealkylation sites (tertiary alicyclic amines) is 1. The normalized spacial score (nSPS) is 18.7. The summed E-state index contributed by atoms with van der Waals surface area (Å²) < 4.78 is 6.35. The van der Waals surface area contributed by atoms with E-state index < -0.39 is 6.09 Å².